The number of pyridine rings is 1. The van der Waals surface area contributed by atoms with Gasteiger partial charge in [-0.1, -0.05) is 12.1 Å². The smallest absolute Gasteiger partial charge is 0.191 e. The Morgan fingerprint density at radius 3 is 2.68 bits per heavy atom. The number of hydrogen-bond acceptors (Lipinski definition) is 3. The second-order valence-corrected chi connectivity index (χ2v) is 5.32. The van der Waals surface area contributed by atoms with Gasteiger partial charge in [0.15, 0.2) is 5.96 Å². The summed E-state index contributed by atoms with van der Waals surface area (Å²) in [6.45, 7) is 3.57. The van der Waals surface area contributed by atoms with Crippen LogP contribution in [-0.2, 0) is 6.42 Å². The number of nitrogens with zero attached hydrogens (tertiary/aromatic N) is 2. The highest BCUT2D eigenvalue weighted by molar-refractivity contribution is 14.0. The van der Waals surface area contributed by atoms with E-state index in [1.165, 1.54) is 12.1 Å². The van der Waals surface area contributed by atoms with E-state index in [0.29, 0.717) is 18.9 Å². The number of aliphatic hydroxyl groups excluding tert-OH is 1. The van der Waals surface area contributed by atoms with Crippen molar-refractivity contribution >= 4 is 29.9 Å². The molecule has 0 aliphatic carbocycles. The highest BCUT2D eigenvalue weighted by Gasteiger charge is 2.07. The average Bonchev–Trinajstić information content (AvgIpc) is 2.60. The van der Waals surface area contributed by atoms with Crippen molar-refractivity contribution in [2.45, 2.75) is 19.4 Å². The fraction of sp³-hybridized carbons (Fsp3) is 0.333. The predicted octanol–water partition coefficient (Wildman–Crippen LogP) is 2.67. The van der Waals surface area contributed by atoms with E-state index in [2.05, 4.69) is 20.6 Å². The summed E-state index contributed by atoms with van der Waals surface area (Å²) in [4.78, 5) is 8.32. The van der Waals surface area contributed by atoms with Gasteiger partial charge in [-0.2, -0.15) is 0 Å². The number of benzene rings is 1. The summed E-state index contributed by atoms with van der Waals surface area (Å²) < 4.78 is 13.2. The molecule has 25 heavy (non-hydrogen) atoms. The van der Waals surface area contributed by atoms with E-state index in [4.69, 9.17) is 0 Å². The molecular formula is C18H24FIN4O. The van der Waals surface area contributed by atoms with Crippen LogP contribution in [0.15, 0.2) is 53.8 Å². The van der Waals surface area contributed by atoms with Crippen LogP contribution in [0.2, 0.25) is 0 Å². The van der Waals surface area contributed by atoms with Gasteiger partial charge in [-0.25, -0.2) is 4.39 Å². The van der Waals surface area contributed by atoms with Crippen molar-refractivity contribution in [3.05, 3.63) is 65.7 Å². The zero-order chi connectivity index (χ0) is 17.2. The number of hydrogen-bond donors (Lipinski definition) is 3. The first-order chi connectivity index (χ1) is 11.7. The van der Waals surface area contributed by atoms with E-state index in [1.807, 2.05) is 13.0 Å². The third-order valence-electron chi connectivity index (χ3n) is 3.45. The van der Waals surface area contributed by atoms with Crippen LogP contribution in [0.5, 0.6) is 0 Å². The van der Waals surface area contributed by atoms with E-state index in [9.17, 15) is 9.50 Å². The van der Waals surface area contributed by atoms with E-state index in [-0.39, 0.29) is 36.3 Å². The Hall–Kier alpha value is -1.74. The van der Waals surface area contributed by atoms with Gasteiger partial charge in [0.05, 0.1) is 12.6 Å². The lowest BCUT2D eigenvalue weighted by Crippen LogP contribution is -2.38. The molecule has 0 bridgehead atoms. The Morgan fingerprint density at radius 2 is 2.00 bits per heavy atom. The standard InChI is InChI=1S/C18H23FN4O.HI/c1-2-21-18(22-11-6-14-4-3-5-16(19)12-14)23-13-17(24)15-7-9-20-10-8-15;/h3-5,7-10,12,17,24H,2,6,11,13H2,1H3,(H2,21,22,23);1H. The van der Waals surface area contributed by atoms with Gasteiger partial charge in [-0.15, -0.1) is 24.0 Å². The van der Waals surface area contributed by atoms with Gasteiger partial charge < -0.3 is 15.7 Å². The number of aliphatic hydroxyl groups is 1. The normalized spacial score (nSPS) is 12.2. The second kappa shape index (κ2) is 11.8. The van der Waals surface area contributed by atoms with Crippen LogP contribution in [0, 0.1) is 5.82 Å². The maximum absolute atomic E-state index is 13.2. The second-order valence-electron chi connectivity index (χ2n) is 5.32. The summed E-state index contributed by atoms with van der Waals surface area (Å²) in [5.74, 6) is 0.399. The minimum absolute atomic E-state index is 0. The number of rotatable bonds is 7. The summed E-state index contributed by atoms with van der Waals surface area (Å²) in [6, 6.07) is 10.1. The van der Waals surface area contributed by atoms with Crippen molar-refractivity contribution in [1.29, 1.82) is 0 Å². The largest absolute Gasteiger partial charge is 0.386 e. The molecule has 2 aromatic rings. The van der Waals surface area contributed by atoms with Crippen molar-refractivity contribution < 1.29 is 9.50 Å². The van der Waals surface area contributed by atoms with Crippen molar-refractivity contribution in [1.82, 2.24) is 15.6 Å². The molecule has 0 spiro atoms. The van der Waals surface area contributed by atoms with Crippen LogP contribution in [0.25, 0.3) is 0 Å². The molecule has 7 heteroatoms. The minimum Gasteiger partial charge on any atom is -0.386 e. The van der Waals surface area contributed by atoms with Gasteiger partial charge in [0.2, 0.25) is 0 Å². The van der Waals surface area contributed by atoms with Crippen LogP contribution in [0.4, 0.5) is 4.39 Å². The number of guanidine groups is 1. The molecule has 5 nitrogen and oxygen atoms in total. The van der Waals surface area contributed by atoms with Gasteiger partial charge in [0.25, 0.3) is 0 Å². The first kappa shape index (κ1) is 21.3. The molecule has 1 aromatic carbocycles. The molecule has 0 aliphatic rings. The van der Waals surface area contributed by atoms with Crippen LogP contribution >= 0.6 is 24.0 Å². The summed E-state index contributed by atoms with van der Waals surface area (Å²) in [5.41, 5.74) is 1.71. The molecule has 1 unspecified atom stereocenters. The van der Waals surface area contributed by atoms with Crippen LogP contribution in [0.1, 0.15) is 24.2 Å². The van der Waals surface area contributed by atoms with Gasteiger partial charge in [0, 0.05) is 25.5 Å². The Kier molecular flexibility index (Phi) is 10.0. The molecule has 0 amide bonds. The maximum Gasteiger partial charge on any atom is 0.191 e. The topological polar surface area (TPSA) is 69.5 Å². The minimum atomic E-state index is -0.674. The predicted molar refractivity (Wildman–Crippen MR) is 109 cm³/mol. The van der Waals surface area contributed by atoms with Gasteiger partial charge in [-0.3, -0.25) is 9.98 Å². The van der Waals surface area contributed by atoms with Crippen LogP contribution in [0.3, 0.4) is 0 Å². The van der Waals surface area contributed by atoms with Crippen molar-refractivity contribution in [3.8, 4) is 0 Å². The zero-order valence-corrected chi connectivity index (χ0v) is 16.5. The third kappa shape index (κ3) is 7.78. The number of halogens is 2. The summed E-state index contributed by atoms with van der Waals surface area (Å²) >= 11 is 0. The molecule has 0 aliphatic heterocycles. The van der Waals surface area contributed by atoms with E-state index < -0.39 is 6.10 Å². The molecule has 1 atom stereocenters. The van der Waals surface area contributed by atoms with E-state index in [1.54, 1.807) is 30.6 Å². The number of nitrogens with one attached hydrogen (secondary N) is 2. The Labute approximate surface area is 164 Å². The highest BCUT2D eigenvalue weighted by atomic mass is 127. The van der Waals surface area contributed by atoms with Gasteiger partial charge >= 0.3 is 0 Å². The summed E-state index contributed by atoms with van der Waals surface area (Å²) in [6.07, 6.45) is 3.30. The highest BCUT2D eigenvalue weighted by Crippen LogP contribution is 2.11. The molecular weight excluding hydrogens is 434 g/mol. The molecule has 1 aromatic heterocycles. The summed E-state index contributed by atoms with van der Waals surface area (Å²) in [7, 11) is 0. The lowest BCUT2D eigenvalue weighted by molar-refractivity contribution is 0.187. The van der Waals surface area contributed by atoms with Gasteiger partial charge in [0.1, 0.15) is 5.82 Å². The quantitative estimate of drug-likeness (QED) is 0.339. The number of aromatic nitrogens is 1. The fourth-order valence-corrected chi connectivity index (χ4v) is 2.23. The number of aliphatic imine (C=N–C) groups is 1. The lowest BCUT2D eigenvalue weighted by Gasteiger charge is -2.13. The lowest BCUT2D eigenvalue weighted by atomic mass is 10.1. The molecule has 0 saturated carbocycles. The molecule has 0 fully saturated rings. The molecule has 2 rings (SSSR count). The fourth-order valence-electron chi connectivity index (χ4n) is 2.23. The van der Waals surface area contributed by atoms with Gasteiger partial charge in [-0.05, 0) is 48.7 Å². The zero-order valence-electron chi connectivity index (χ0n) is 14.2. The Morgan fingerprint density at radius 1 is 1.24 bits per heavy atom. The van der Waals surface area contributed by atoms with Crippen molar-refractivity contribution in [2.75, 3.05) is 19.6 Å². The van der Waals surface area contributed by atoms with Crippen LogP contribution < -0.4 is 10.6 Å². The Balaban J connectivity index is 0.00000312. The third-order valence-corrected chi connectivity index (χ3v) is 3.45. The SMILES string of the molecule is CCNC(=NCC(O)c1ccncc1)NCCc1cccc(F)c1.I. The first-order valence-corrected chi connectivity index (χ1v) is 8.03. The van der Waals surface area contributed by atoms with Crippen molar-refractivity contribution in [2.24, 2.45) is 4.99 Å². The summed E-state index contributed by atoms with van der Waals surface area (Å²) in [5, 5.41) is 16.5. The molecule has 1 heterocycles. The maximum atomic E-state index is 13.2. The average molecular weight is 458 g/mol. The molecule has 3 N–H and O–H groups in total. The van der Waals surface area contributed by atoms with Crippen molar-refractivity contribution in [3.63, 3.8) is 0 Å². The first-order valence-electron chi connectivity index (χ1n) is 8.03. The van der Waals surface area contributed by atoms with Crippen LogP contribution in [-0.4, -0.2) is 35.7 Å². The van der Waals surface area contributed by atoms with E-state index >= 15 is 0 Å². The Bertz CT molecular complexity index is 655. The molecule has 136 valence electrons. The molecule has 0 saturated heterocycles. The van der Waals surface area contributed by atoms with E-state index in [0.717, 1.165) is 17.7 Å². The molecule has 0 radical (unpaired) electrons. The monoisotopic (exact) mass is 458 g/mol.